The van der Waals surface area contributed by atoms with Crippen molar-refractivity contribution in [1.82, 2.24) is 10.6 Å². The van der Waals surface area contributed by atoms with E-state index in [0.717, 1.165) is 23.5 Å². The minimum atomic E-state index is -5.44. The van der Waals surface area contributed by atoms with Crippen molar-refractivity contribution in [1.29, 1.82) is 0 Å². The average Bonchev–Trinajstić information content (AvgIpc) is 3.13. The average molecular weight is 438 g/mol. The van der Waals surface area contributed by atoms with E-state index in [-0.39, 0.29) is 10.4 Å². The first kappa shape index (κ1) is 21.1. The molecule has 1 saturated heterocycles. The molecular weight excluding hydrogens is 426 g/mol. The van der Waals surface area contributed by atoms with Crippen molar-refractivity contribution in [2.75, 3.05) is 0 Å². The number of carbonyl (C=O) groups excluding carboxylic acids is 2. The van der Waals surface area contributed by atoms with Crippen LogP contribution in [0.1, 0.15) is 26.8 Å². The van der Waals surface area contributed by atoms with Crippen LogP contribution in [0.4, 0.5) is 31.1 Å². The number of nitrogens with one attached hydrogen (secondary N) is 2. The standard InChI is InChI=1S/C17H12F6N2O3S/c18-16(19,20)9-5-3-8(4-6-9)12-11(13(26)10-2-1-7-29-10)15(28,17(21,22)23)25-14(27)24-12/h1-7,11-12,28H,(H2,24,25,27). The van der Waals surface area contributed by atoms with Crippen molar-refractivity contribution in [2.24, 2.45) is 5.92 Å². The number of hydrogen-bond donors (Lipinski definition) is 3. The van der Waals surface area contributed by atoms with Crippen molar-refractivity contribution >= 4 is 23.2 Å². The van der Waals surface area contributed by atoms with Crippen LogP contribution >= 0.6 is 11.3 Å². The zero-order valence-corrected chi connectivity index (χ0v) is 15.0. The Bertz CT molecular complexity index is 911. The van der Waals surface area contributed by atoms with Crippen molar-refractivity contribution < 1.29 is 41.0 Å². The Labute approximate surface area is 163 Å². The molecule has 2 heterocycles. The first-order valence-electron chi connectivity index (χ1n) is 7.97. The molecule has 156 valence electrons. The second-order valence-corrected chi connectivity index (χ2v) is 7.23. The van der Waals surface area contributed by atoms with Crippen LogP contribution in [0.5, 0.6) is 0 Å². The van der Waals surface area contributed by atoms with Crippen LogP contribution < -0.4 is 10.6 Å². The third-order valence-electron chi connectivity index (χ3n) is 4.45. The van der Waals surface area contributed by atoms with Gasteiger partial charge < -0.3 is 15.7 Å². The van der Waals surface area contributed by atoms with E-state index >= 15 is 0 Å². The summed E-state index contributed by atoms with van der Waals surface area (Å²) in [5.41, 5.74) is -5.19. The molecule has 2 aromatic rings. The molecular formula is C17H12F6N2O3S. The van der Waals surface area contributed by atoms with Crippen molar-refractivity contribution in [3.8, 4) is 0 Å². The van der Waals surface area contributed by atoms with Crippen LogP contribution in [-0.2, 0) is 6.18 Å². The summed E-state index contributed by atoms with van der Waals surface area (Å²) in [7, 11) is 0. The Morgan fingerprint density at radius 2 is 1.69 bits per heavy atom. The molecule has 12 heteroatoms. The third-order valence-corrected chi connectivity index (χ3v) is 5.33. The second kappa shape index (κ2) is 7.02. The van der Waals surface area contributed by atoms with Crippen LogP contribution in [0.2, 0.25) is 0 Å². The van der Waals surface area contributed by atoms with Gasteiger partial charge in [-0.3, -0.25) is 4.79 Å². The molecule has 1 fully saturated rings. The number of carbonyl (C=O) groups is 2. The first-order valence-corrected chi connectivity index (χ1v) is 8.85. The summed E-state index contributed by atoms with van der Waals surface area (Å²) < 4.78 is 79.3. The van der Waals surface area contributed by atoms with Gasteiger partial charge in [0.15, 0.2) is 5.78 Å². The lowest BCUT2D eigenvalue weighted by atomic mass is 9.78. The molecule has 3 atom stereocenters. The molecule has 1 aromatic heterocycles. The molecule has 0 saturated carbocycles. The van der Waals surface area contributed by atoms with Gasteiger partial charge in [-0.25, -0.2) is 4.79 Å². The summed E-state index contributed by atoms with van der Waals surface area (Å²) in [4.78, 5) is 24.5. The van der Waals surface area contributed by atoms with E-state index in [1.807, 2.05) is 0 Å². The van der Waals surface area contributed by atoms with E-state index in [9.17, 15) is 41.0 Å². The number of alkyl halides is 6. The van der Waals surface area contributed by atoms with Gasteiger partial charge in [0.1, 0.15) is 5.92 Å². The Hall–Kier alpha value is -2.60. The minimum Gasteiger partial charge on any atom is -0.363 e. The Morgan fingerprint density at radius 1 is 1.07 bits per heavy atom. The van der Waals surface area contributed by atoms with E-state index in [4.69, 9.17) is 0 Å². The minimum absolute atomic E-state index is 0.118. The highest BCUT2D eigenvalue weighted by atomic mass is 32.1. The summed E-state index contributed by atoms with van der Waals surface area (Å²) >= 11 is 0.823. The lowest BCUT2D eigenvalue weighted by Gasteiger charge is -2.44. The lowest BCUT2D eigenvalue weighted by molar-refractivity contribution is -0.287. The van der Waals surface area contributed by atoms with Crippen LogP contribution in [0.15, 0.2) is 41.8 Å². The fourth-order valence-corrected chi connectivity index (χ4v) is 3.77. The number of amides is 2. The molecule has 3 N–H and O–H groups in total. The highest BCUT2D eigenvalue weighted by Crippen LogP contribution is 2.44. The van der Waals surface area contributed by atoms with Gasteiger partial charge in [-0.2, -0.15) is 26.3 Å². The zero-order chi connectivity index (χ0) is 21.6. The van der Waals surface area contributed by atoms with E-state index in [2.05, 4.69) is 5.32 Å². The lowest BCUT2D eigenvalue weighted by Crippen LogP contribution is -2.72. The molecule has 0 bridgehead atoms. The van der Waals surface area contributed by atoms with Crippen LogP contribution in [0.25, 0.3) is 0 Å². The van der Waals surface area contributed by atoms with Crippen LogP contribution in [0.3, 0.4) is 0 Å². The summed E-state index contributed by atoms with van der Waals surface area (Å²) in [5, 5.41) is 15.2. The quantitative estimate of drug-likeness (QED) is 0.503. The normalized spacial score (nSPS) is 25.3. The monoisotopic (exact) mass is 438 g/mol. The maximum atomic E-state index is 13.7. The van der Waals surface area contributed by atoms with Crippen LogP contribution in [0, 0.1) is 5.92 Å². The third kappa shape index (κ3) is 3.81. The Kier molecular flexibility index (Phi) is 5.11. The fraction of sp³-hybridized carbons (Fsp3) is 0.294. The first-order chi connectivity index (χ1) is 13.3. The number of benzene rings is 1. The largest absolute Gasteiger partial charge is 0.437 e. The van der Waals surface area contributed by atoms with Crippen molar-refractivity contribution in [3.05, 3.63) is 57.8 Å². The predicted molar refractivity (Wildman–Crippen MR) is 89.0 cm³/mol. The van der Waals surface area contributed by atoms with Gasteiger partial charge in [-0.15, -0.1) is 11.3 Å². The molecule has 5 nitrogen and oxygen atoms in total. The van der Waals surface area contributed by atoms with E-state index in [1.54, 1.807) is 0 Å². The van der Waals surface area contributed by atoms with Gasteiger partial charge in [0.05, 0.1) is 16.5 Å². The molecule has 29 heavy (non-hydrogen) atoms. The summed E-state index contributed by atoms with van der Waals surface area (Å²) in [6.07, 6.45) is -10.1. The molecule has 2 amide bonds. The second-order valence-electron chi connectivity index (χ2n) is 6.28. The van der Waals surface area contributed by atoms with Gasteiger partial charge in [0.2, 0.25) is 5.72 Å². The fourth-order valence-electron chi connectivity index (χ4n) is 3.07. The Morgan fingerprint density at radius 3 is 2.17 bits per heavy atom. The maximum Gasteiger partial charge on any atom is 0.437 e. The van der Waals surface area contributed by atoms with E-state index < -0.39 is 47.4 Å². The molecule has 0 spiro atoms. The van der Waals surface area contributed by atoms with Crippen molar-refractivity contribution in [3.63, 3.8) is 0 Å². The molecule has 0 radical (unpaired) electrons. The summed E-state index contributed by atoms with van der Waals surface area (Å²) in [6.45, 7) is 0. The van der Waals surface area contributed by atoms with E-state index in [1.165, 1.54) is 22.8 Å². The van der Waals surface area contributed by atoms with Crippen LogP contribution in [-0.4, -0.2) is 28.8 Å². The summed E-state index contributed by atoms with van der Waals surface area (Å²) in [5.74, 6) is -3.41. The van der Waals surface area contributed by atoms with Gasteiger partial charge in [-0.05, 0) is 29.1 Å². The van der Waals surface area contributed by atoms with Gasteiger partial charge >= 0.3 is 18.4 Å². The topological polar surface area (TPSA) is 78.4 Å². The SMILES string of the molecule is O=C1NC(c2ccc(C(F)(F)F)cc2)C(C(=O)c2cccs2)C(O)(C(F)(F)F)N1. The number of ketones is 1. The molecule has 1 aliphatic heterocycles. The highest BCUT2D eigenvalue weighted by molar-refractivity contribution is 7.12. The number of hydrogen-bond acceptors (Lipinski definition) is 4. The molecule has 0 aliphatic carbocycles. The summed E-state index contributed by atoms with van der Waals surface area (Å²) in [6, 6.07) is 2.43. The van der Waals surface area contributed by atoms with Gasteiger partial charge in [0.25, 0.3) is 0 Å². The van der Waals surface area contributed by atoms with Crippen molar-refractivity contribution in [2.45, 2.75) is 24.1 Å². The number of halogens is 6. The maximum absolute atomic E-state index is 13.7. The molecule has 1 aromatic carbocycles. The number of rotatable bonds is 3. The van der Waals surface area contributed by atoms with Gasteiger partial charge in [0, 0.05) is 0 Å². The predicted octanol–water partition coefficient (Wildman–Crippen LogP) is 3.87. The Balaban J connectivity index is 2.11. The molecule has 1 aliphatic rings. The molecule has 3 unspecified atom stereocenters. The smallest absolute Gasteiger partial charge is 0.363 e. The van der Waals surface area contributed by atoms with E-state index in [0.29, 0.717) is 12.1 Å². The molecule has 3 rings (SSSR count). The zero-order valence-electron chi connectivity index (χ0n) is 14.1. The number of Topliss-reactive ketones (excluding diaryl/α,β-unsaturated/α-hetero) is 1. The van der Waals surface area contributed by atoms with Gasteiger partial charge in [-0.1, -0.05) is 18.2 Å². The number of urea groups is 1. The highest BCUT2D eigenvalue weighted by Gasteiger charge is 2.66. The number of aliphatic hydroxyl groups is 1. The number of thiophene rings is 1.